The fraction of sp³-hybridized carbons (Fsp3) is 0.240. The number of anilines is 2. The molecule has 3 aromatic carbocycles. The van der Waals surface area contributed by atoms with Crippen LogP contribution in [0, 0.1) is 6.92 Å². The second-order valence-corrected chi connectivity index (χ2v) is 10.2. The molecule has 0 unspecified atom stereocenters. The molecule has 0 heterocycles. The van der Waals surface area contributed by atoms with Gasteiger partial charge in [-0.2, -0.15) is 0 Å². The van der Waals surface area contributed by atoms with Gasteiger partial charge in [-0.15, -0.1) is 11.8 Å². The van der Waals surface area contributed by atoms with Crippen LogP contribution in [0.1, 0.15) is 25.3 Å². The van der Waals surface area contributed by atoms with Gasteiger partial charge in [-0.1, -0.05) is 31.0 Å². The van der Waals surface area contributed by atoms with Gasteiger partial charge in [-0.3, -0.25) is 9.52 Å². The fourth-order valence-electron chi connectivity index (χ4n) is 2.87. The molecule has 0 fully saturated rings. The number of carbonyl (C=O) groups excluding carboxylic acids is 1. The summed E-state index contributed by atoms with van der Waals surface area (Å²) in [5, 5.41) is 2.86. The standard InChI is InChI=1S/C25H28N2O4S2/c1-3-4-17-31-22-11-7-20(8-12-22)26-25(28)18-32-23-13-9-21(10-14-23)27-33(29,30)24-15-5-19(2)6-16-24/h5-16,27H,3-4,17-18H2,1-2H3,(H,26,28). The Bertz CT molecular complexity index is 1140. The lowest BCUT2D eigenvalue weighted by atomic mass is 10.2. The van der Waals surface area contributed by atoms with Crippen LogP contribution in [0.15, 0.2) is 82.6 Å². The van der Waals surface area contributed by atoms with Crippen molar-refractivity contribution in [1.29, 1.82) is 0 Å². The van der Waals surface area contributed by atoms with Crippen molar-refractivity contribution >= 4 is 39.1 Å². The van der Waals surface area contributed by atoms with Gasteiger partial charge < -0.3 is 10.1 Å². The zero-order valence-corrected chi connectivity index (χ0v) is 20.3. The van der Waals surface area contributed by atoms with Gasteiger partial charge in [0.2, 0.25) is 5.91 Å². The number of hydrogen-bond acceptors (Lipinski definition) is 5. The Labute approximate surface area is 199 Å². The predicted octanol–water partition coefficient (Wildman–Crippen LogP) is 5.71. The number of thioether (sulfide) groups is 1. The first-order chi connectivity index (χ1) is 15.9. The summed E-state index contributed by atoms with van der Waals surface area (Å²) in [5.41, 5.74) is 2.17. The van der Waals surface area contributed by atoms with E-state index in [2.05, 4.69) is 17.0 Å². The van der Waals surface area contributed by atoms with Gasteiger partial charge in [0, 0.05) is 16.3 Å². The summed E-state index contributed by atoms with van der Waals surface area (Å²) < 4.78 is 33.2. The van der Waals surface area contributed by atoms with E-state index >= 15 is 0 Å². The molecular weight excluding hydrogens is 456 g/mol. The molecule has 33 heavy (non-hydrogen) atoms. The zero-order chi connectivity index (χ0) is 23.7. The molecule has 0 saturated heterocycles. The largest absolute Gasteiger partial charge is 0.494 e. The average molecular weight is 485 g/mol. The van der Waals surface area contributed by atoms with Crippen molar-refractivity contribution in [2.75, 3.05) is 22.4 Å². The molecule has 3 aromatic rings. The van der Waals surface area contributed by atoms with Crippen LogP contribution in [-0.4, -0.2) is 26.7 Å². The Morgan fingerprint density at radius 3 is 2.18 bits per heavy atom. The maximum Gasteiger partial charge on any atom is 0.261 e. The zero-order valence-electron chi connectivity index (χ0n) is 18.7. The van der Waals surface area contributed by atoms with Crippen molar-refractivity contribution < 1.29 is 17.9 Å². The third-order valence-corrected chi connectivity index (χ3v) is 7.12. The summed E-state index contributed by atoms with van der Waals surface area (Å²) in [6.07, 6.45) is 2.09. The molecule has 0 saturated carbocycles. The molecule has 0 aliphatic heterocycles. The van der Waals surface area contributed by atoms with Crippen LogP contribution >= 0.6 is 11.8 Å². The highest BCUT2D eigenvalue weighted by molar-refractivity contribution is 8.00. The summed E-state index contributed by atoms with van der Waals surface area (Å²) in [5.74, 6) is 0.904. The highest BCUT2D eigenvalue weighted by atomic mass is 32.2. The van der Waals surface area contributed by atoms with Crippen molar-refractivity contribution in [1.82, 2.24) is 0 Å². The minimum absolute atomic E-state index is 0.121. The minimum Gasteiger partial charge on any atom is -0.494 e. The number of benzene rings is 3. The topological polar surface area (TPSA) is 84.5 Å². The number of ether oxygens (including phenoxy) is 1. The molecular formula is C25H28N2O4S2. The fourth-order valence-corrected chi connectivity index (χ4v) is 4.62. The predicted molar refractivity (Wildman–Crippen MR) is 135 cm³/mol. The van der Waals surface area contributed by atoms with E-state index in [4.69, 9.17) is 4.74 Å². The van der Waals surface area contributed by atoms with E-state index in [1.165, 1.54) is 11.8 Å². The summed E-state index contributed by atoms with van der Waals surface area (Å²) in [7, 11) is -3.64. The van der Waals surface area contributed by atoms with Crippen LogP contribution in [0.4, 0.5) is 11.4 Å². The van der Waals surface area contributed by atoms with Crippen LogP contribution in [0.2, 0.25) is 0 Å². The molecule has 174 valence electrons. The third-order valence-electron chi connectivity index (χ3n) is 4.71. The summed E-state index contributed by atoms with van der Waals surface area (Å²) >= 11 is 1.38. The summed E-state index contributed by atoms with van der Waals surface area (Å²) in [6.45, 7) is 4.70. The number of hydrogen-bond donors (Lipinski definition) is 2. The highest BCUT2D eigenvalue weighted by Gasteiger charge is 2.14. The molecule has 1 amide bonds. The van der Waals surface area contributed by atoms with E-state index in [0.29, 0.717) is 18.0 Å². The quantitative estimate of drug-likeness (QED) is 0.269. The number of amides is 1. The smallest absolute Gasteiger partial charge is 0.261 e. The lowest BCUT2D eigenvalue weighted by Gasteiger charge is -2.10. The Kier molecular flexibility index (Phi) is 8.79. The highest BCUT2D eigenvalue weighted by Crippen LogP contribution is 2.23. The number of unbranched alkanes of at least 4 members (excludes halogenated alkanes) is 1. The molecule has 0 aliphatic rings. The van der Waals surface area contributed by atoms with E-state index < -0.39 is 10.0 Å². The Morgan fingerprint density at radius 2 is 1.55 bits per heavy atom. The van der Waals surface area contributed by atoms with Crippen LogP contribution < -0.4 is 14.8 Å². The van der Waals surface area contributed by atoms with E-state index in [-0.39, 0.29) is 16.6 Å². The number of rotatable bonds is 11. The van der Waals surface area contributed by atoms with Gasteiger partial charge in [0.25, 0.3) is 10.0 Å². The molecule has 0 aliphatic carbocycles. The molecule has 0 bridgehead atoms. The normalized spacial score (nSPS) is 11.1. The van der Waals surface area contributed by atoms with Crippen LogP contribution in [0.5, 0.6) is 5.75 Å². The summed E-state index contributed by atoms with van der Waals surface area (Å²) in [6, 6.07) is 20.9. The first-order valence-corrected chi connectivity index (χ1v) is 13.2. The van der Waals surface area contributed by atoms with Crippen molar-refractivity contribution in [2.24, 2.45) is 0 Å². The molecule has 0 aromatic heterocycles. The number of carbonyl (C=O) groups is 1. The Balaban J connectivity index is 1.48. The van der Waals surface area contributed by atoms with Crippen molar-refractivity contribution in [3.8, 4) is 5.75 Å². The van der Waals surface area contributed by atoms with Crippen LogP contribution in [-0.2, 0) is 14.8 Å². The Hall–Kier alpha value is -2.97. The molecule has 0 atom stereocenters. The van der Waals surface area contributed by atoms with Crippen molar-refractivity contribution in [3.05, 3.63) is 78.4 Å². The molecule has 6 nitrogen and oxygen atoms in total. The van der Waals surface area contributed by atoms with E-state index in [1.807, 2.05) is 31.2 Å². The van der Waals surface area contributed by atoms with Crippen molar-refractivity contribution in [2.45, 2.75) is 36.5 Å². The number of nitrogens with one attached hydrogen (secondary N) is 2. The van der Waals surface area contributed by atoms with Gasteiger partial charge in [0.1, 0.15) is 5.75 Å². The lowest BCUT2D eigenvalue weighted by Crippen LogP contribution is -2.14. The third kappa shape index (κ3) is 7.83. The van der Waals surface area contributed by atoms with Gasteiger partial charge in [0.15, 0.2) is 0 Å². The molecule has 8 heteroatoms. The Morgan fingerprint density at radius 1 is 0.909 bits per heavy atom. The maximum atomic E-state index is 12.5. The van der Waals surface area contributed by atoms with Gasteiger partial charge in [-0.05, 0) is 74.0 Å². The second-order valence-electron chi connectivity index (χ2n) is 7.51. The van der Waals surface area contributed by atoms with E-state index in [9.17, 15) is 13.2 Å². The molecule has 0 spiro atoms. The van der Waals surface area contributed by atoms with Gasteiger partial charge >= 0.3 is 0 Å². The van der Waals surface area contributed by atoms with Gasteiger partial charge in [0.05, 0.1) is 17.3 Å². The summed E-state index contributed by atoms with van der Waals surface area (Å²) in [4.78, 5) is 13.3. The molecule has 0 radical (unpaired) electrons. The van der Waals surface area contributed by atoms with Crippen LogP contribution in [0.25, 0.3) is 0 Å². The first kappa shape index (κ1) is 24.7. The second kappa shape index (κ2) is 11.8. The minimum atomic E-state index is -3.64. The molecule has 2 N–H and O–H groups in total. The van der Waals surface area contributed by atoms with E-state index in [1.54, 1.807) is 48.5 Å². The number of aryl methyl sites for hydroxylation is 1. The monoisotopic (exact) mass is 484 g/mol. The first-order valence-electron chi connectivity index (χ1n) is 10.7. The van der Waals surface area contributed by atoms with E-state index in [0.717, 1.165) is 29.1 Å². The molecule has 3 rings (SSSR count). The lowest BCUT2D eigenvalue weighted by molar-refractivity contribution is -0.113. The van der Waals surface area contributed by atoms with Crippen LogP contribution in [0.3, 0.4) is 0 Å². The maximum absolute atomic E-state index is 12.5. The van der Waals surface area contributed by atoms with Gasteiger partial charge in [-0.25, -0.2) is 8.42 Å². The van der Waals surface area contributed by atoms with Crippen molar-refractivity contribution in [3.63, 3.8) is 0 Å². The SMILES string of the molecule is CCCCOc1ccc(NC(=O)CSc2ccc(NS(=O)(=O)c3ccc(C)cc3)cc2)cc1. The average Bonchev–Trinajstić information content (AvgIpc) is 2.80. The number of sulfonamides is 1.